The van der Waals surface area contributed by atoms with Gasteiger partial charge in [-0.15, -0.1) is 0 Å². The van der Waals surface area contributed by atoms with Crippen molar-refractivity contribution in [1.82, 2.24) is 4.72 Å². The number of halogens is 1. The van der Waals surface area contributed by atoms with Gasteiger partial charge < -0.3 is 14.8 Å². The molecule has 0 bridgehead atoms. The topological polar surface area (TPSA) is 93.7 Å². The maximum absolute atomic E-state index is 12.2. The van der Waals surface area contributed by atoms with Gasteiger partial charge in [-0.3, -0.25) is 4.79 Å². The number of fused-ring (bicyclic) bond motifs is 1. The molecule has 0 fully saturated rings. The zero-order valence-corrected chi connectivity index (χ0v) is 14.8. The summed E-state index contributed by atoms with van der Waals surface area (Å²) in [5.41, 5.74) is 1.24. The largest absolute Gasteiger partial charge is 0.454 e. The molecule has 1 amide bonds. The summed E-state index contributed by atoms with van der Waals surface area (Å²) in [5, 5.41) is 2.93. The van der Waals surface area contributed by atoms with E-state index in [0.717, 1.165) is 5.56 Å². The van der Waals surface area contributed by atoms with E-state index in [2.05, 4.69) is 10.0 Å². The molecule has 2 aromatic carbocycles. The summed E-state index contributed by atoms with van der Waals surface area (Å²) in [6, 6.07) is 9.28. The van der Waals surface area contributed by atoms with Crippen molar-refractivity contribution in [3.63, 3.8) is 0 Å². The van der Waals surface area contributed by atoms with Crippen LogP contribution in [0, 0.1) is 6.92 Å². The van der Waals surface area contributed by atoms with Gasteiger partial charge in [0.25, 0.3) is 0 Å². The summed E-state index contributed by atoms with van der Waals surface area (Å²) in [7, 11) is -3.84. The molecule has 0 radical (unpaired) electrons. The monoisotopic (exact) mass is 382 g/mol. The molecule has 0 atom stereocenters. The molecule has 132 valence electrons. The van der Waals surface area contributed by atoms with Crippen LogP contribution in [0.4, 0.5) is 5.69 Å². The molecule has 2 aromatic rings. The summed E-state index contributed by atoms with van der Waals surface area (Å²) < 4.78 is 37.1. The highest BCUT2D eigenvalue weighted by molar-refractivity contribution is 7.89. The van der Waals surface area contributed by atoms with E-state index >= 15 is 0 Å². The summed E-state index contributed by atoms with van der Waals surface area (Å²) in [6.07, 6.45) is 0. The third kappa shape index (κ3) is 4.04. The highest BCUT2D eigenvalue weighted by Gasteiger charge is 2.18. The molecule has 2 N–H and O–H groups in total. The molecule has 0 spiro atoms. The number of aryl methyl sites for hydroxylation is 1. The number of carbonyl (C=O) groups is 1. The van der Waals surface area contributed by atoms with E-state index in [-0.39, 0.29) is 11.7 Å². The van der Waals surface area contributed by atoms with Crippen LogP contribution in [-0.2, 0) is 14.8 Å². The second kappa shape index (κ2) is 6.91. The fourth-order valence-electron chi connectivity index (χ4n) is 2.16. The standard InChI is InChI=1S/C16H15ClN2O5S/c1-10-2-4-12(7-13(10)17)25(21,22)18-8-16(20)19-11-3-5-14-15(6-11)24-9-23-14/h2-7,18H,8-9H2,1H3,(H,19,20). The first-order valence-electron chi connectivity index (χ1n) is 7.30. The van der Waals surface area contributed by atoms with Crippen LogP contribution in [0.2, 0.25) is 5.02 Å². The number of anilines is 1. The first-order chi connectivity index (χ1) is 11.8. The van der Waals surface area contributed by atoms with Gasteiger partial charge >= 0.3 is 0 Å². The summed E-state index contributed by atoms with van der Waals surface area (Å²) in [6.45, 7) is 1.49. The van der Waals surface area contributed by atoms with Gasteiger partial charge in [0.05, 0.1) is 11.4 Å². The minimum absolute atomic E-state index is 0.000945. The lowest BCUT2D eigenvalue weighted by molar-refractivity contribution is -0.115. The van der Waals surface area contributed by atoms with Crippen LogP contribution in [0.1, 0.15) is 5.56 Å². The number of hydrogen-bond acceptors (Lipinski definition) is 5. The molecule has 3 rings (SSSR count). The van der Waals surface area contributed by atoms with Crippen molar-refractivity contribution in [2.45, 2.75) is 11.8 Å². The van der Waals surface area contributed by atoms with Crippen LogP contribution >= 0.6 is 11.6 Å². The molecule has 0 aromatic heterocycles. The number of benzene rings is 2. The maximum atomic E-state index is 12.2. The zero-order valence-electron chi connectivity index (χ0n) is 13.2. The van der Waals surface area contributed by atoms with Gasteiger partial charge in [-0.2, -0.15) is 0 Å². The Hall–Kier alpha value is -2.29. The first-order valence-corrected chi connectivity index (χ1v) is 9.16. The Kier molecular flexibility index (Phi) is 4.85. The lowest BCUT2D eigenvalue weighted by Gasteiger charge is -2.09. The number of amides is 1. The van der Waals surface area contributed by atoms with Gasteiger partial charge in [-0.05, 0) is 36.8 Å². The minimum atomic E-state index is -3.84. The van der Waals surface area contributed by atoms with E-state index in [4.69, 9.17) is 21.1 Å². The number of hydrogen-bond donors (Lipinski definition) is 2. The molecule has 1 heterocycles. The smallest absolute Gasteiger partial charge is 0.241 e. The van der Waals surface area contributed by atoms with Crippen molar-refractivity contribution in [2.75, 3.05) is 18.7 Å². The molecular formula is C16H15ClN2O5S. The van der Waals surface area contributed by atoms with Crippen LogP contribution in [0.5, 0.6) is 11.5 Å². The lowest BCUT2D eigenvalue weighted by Crippen LogP contribution is -2.32. The zero-order chi connectivity index (χ0) is 18.0. The number of carbonyl (C=O) groups excluding carboxylic acids is 1. The minimum Gasteiger partial charge on any atom is -0.454 e. The Morgan fingerprint density at radius 1 is 1.16 bits per heavy atom. The summed E-state index contributed by atoms with van der Waals surface area (Å²) in [4.78, 5) is 12.0. The molecule has 1 aliphatic heterocycles. The lowest BCUT2D eigenvalue weighted by atomic mass is 10.2. The molecule has 9 heteroatoms. The van der Waals surface area contributed by atoms with Gasteiger partial charge in [0.15, 0.2) is 11.5 Å². The Morgan fingerprint density at radius 3 is 2.68 bits per heavy atom. The highest BCUT2D eigenvalue weighted by atomic mass is 35.5. The molecule has 0 saturated carbocycles. The molecule has 0 unspecified atom stereocenters. The Bertz CT molecular complexity index is 930. The van der Waals surface area contributed by atoms with Crippen LogP contribution in [0.3, 0.4) is 0 Å². The van der Waals surface area contributed by atoms with Gasteiger partial charge in [0.2, 0.25) is 22.7 Å². The van der Waals surface area contributed by atoms with Gasteiger partial charge in [0.1, 0.15) is 0 Å². The fourth-order valence-corrected chi connectivity index (χ4v) is 3.42. The second-order valence-corrected chi connectivity index (χ2v) is 7.53. The van der Waals surface area contributed by atoms with Crippen molar-refractivity contribution in [3.05, 3.63) is 47.0 Å². The molecule has 0 aliphatic carbocycles. The van der Waals surface area contributed by atoms with Crippen LogP contribution < -0.4 is 19.5 Å². The molecular weight excluding hydrogens is 368 g/mol. The van der Waals surface area contributed by atoms with Crippen LogP contribution in [0.25, 0.3) is 0 Å². The van der Waals surface area contributed by atoms with Crippen molar-refractivity contribution in [2.24, 2.45) is 0 Å². The van der Waals surface area contributed by atoms with Crippen LogP contribution in [-0.4, -0.2) is 27.7 Å². The van der Waals surface area contributed by atoms with E-state index < -0.39 is 22.5 Å². The summed E-state index contributed by atoms with van der Waals surface area (Å²) in [5.74, 6) is 0.600. The van der Waals surface area contributed by atoms with E-state index in [0.29, 0.717) is 22.2 Å². The Labute approximate surface area is 149 Å². The molecule has 0 saturated heterocycles. The first kappa shape index (κ1) is 17.5. The number of nitrogens with one attached hydrogen (secondary N) is 2. The van der Waals surface area contributed by atoms with Crippen LogP contribution in [0.15, 0.2) is 41.3 Å². The average Bonchev–Trinajstić information content (AvgIpc) is 3.03. The van der Waals surface area contributed by atoms with Gasteiger partial charge in [0, 0.05) is 16.8 Å². The van der Waals surface area contributed by atoms with E-state index in [1.165, 1.54) is 12.1 Å². The summed E-state index contributed by atoms with van der Waals surface area (Å²) >= 11 is 5.94. The number of sulfonamides is 1. The molecule has 1 aliphatic rings. The normalized spacial score (nSPS) is 12.9. The fraction of sp³-hybridized carbons (Fsp3) is 0.188. The number of rotatable bonds is 5. The number of ether oxygens (including phenoxy) is 2. The predicted molar refractivity (Wildman–Crippen MR) is 92.6 cm³/mol. The van der Waals surface area contributed by atoms with E-state index in [1.54, 1.807) is 31.2 Å². The molecule has 7 nitrogen and oxygen atoms in total. The predicted octanol–water partition coefficient (Wildman–Crippen LogP) is 2.29. The Morgan fingerprint density at radius 2 is 1.92 bits per heavy atom. The van der Waals surface area contributed by atoms with Crippen molar-refractivity contribution in [1.29, 1.82) is 0 Å². The highest BCUT2D eigenvalue weighted by Crippen LogP contribution is 2.34. The van der Waals surface area contributed by atoms with E-state index in [9.17, 15) is 13.2 Å². The Balaban J connectivity index is 1.62. The quantitative estimate of drug-likeness (QED) is 0.827. The SMILES string of the molecule is Cc1ccc(S(=O)(=O)NCC(=O)Nc2ccc3c(c2)OCO3)cc1Cl. The maximum Gasteiger partial charge on any atom is 0.241 e. The average molecular weight is 383 g/mol. The van der Waals surface area contributed by atoms with Crippen molar-refractivity contribution >= 4 is 33.2 Å². The van der Waals surface area contributed by atoms with Crippen molar-refractivity contribution < 1.29 is 22.7 Å². The third-order valence-corrected chi connectivity index (χ3v) is 5.34. The van der Waals surface area contributed by atoms with Gasteiger partial charge in [-0.25, -0.2) is 13.1 Å². The van der Waals surface area contributed by atoms with Crippen molar-refractivity contribution in [3.8, 4) is 11.5 Å². The third-order valence-electron chi connectivity index (χ3n) is 3.53. The van der Waals surface area contributed by atoms with Gasteiger partial charge in [-0.1, -0.05) is 17.7 Å². The van der Waals surface area contributed by atoms with E-state index in [1.807, 2.05) is 0 Å². The molecule has 25 heavy (non-hydrogen) atoms. The second-order valence-electron chi connectivity index (χ2n) is 5.35.